The maximum atomic E-state index is 10.9. The third-order valence-corrected chi connectivity index (χ3v) is 0.748. The maximum absolute atomic E-state index is 10.9. The number of hydrogen-bond acceptors (Lipinski definition) is 3. The molecule has 0 rings (SSSR count). The molecular formula is C5H10FNO2. The molecule has 4 heteroatoms. The van der Waals surface area contributed by atoms with Crippen LogP contribution < -0.4 is 5.32 Å². The quantitative estimate of drug-likeness (QED) is 0.442. The summed E-state index contributed by atoms with van der Waals surface area (Å²) in [5, 5.41) is 2.65. The van der Waals surface area contributed by atoms with Crippen molar-refractivity contribution < 1.29 is 14.2 Å². The van der Waals surface area contributed by atoms with Gasteiger partial charge in [-0.15, -0.1) is 0 Å². The van der Waals surface area contributed by atoms with Crippen LogP contribution in [0.1, 0.15) is 0 Å². The third kappa shape index (κ3) is 5.10. The van der Waals surface area contributed by atoms with Crippen molar-refractivity contribution in [3.05, 3.63) is 12.5 Å². The molecule has 0 unspecified atom stereocenters. The molecule has 0 aromatic heterocycles. The van der Waals surface area contributed by atoms with Gasteiger partial charge in [-0.1, -0.05) is 0 Å². The fourth-order valence-electron chi connectivity index (χ4n) is 0.301. The molecule has 9 heavy (non-hydrogen) atoms. The summed E-state index contributed by atoms with van der Waals surface area (Å²) in [7, 11) is 1.48. The number of hydrogen-bond donors (Lipinski definition) is 1. The fourth-order valence-corrected chi connectivity index (χ4v) is 0.301. The van der Waals surface area contributed by atoms with Crippen LogP contribution in [0.2, 0.25) is 0 Å². The first kappa shape index (κ1) is 8.23. The SMILES string of the molecule is C=C(NCCOF)OC. The molecule has 0 aliphatic heterocycles. The Kier molecular flexibility index (Phi) is 4.91. The highest BCUT2D eigenvalue weighted by Gasteiger charge is 1.87. The van der Waals surface area contributed by atoms with E-state index < -0.39 is 0 Å². The van der Waals surface area contributed by atoms with Crippen molar-refractivity contribution in [2.45, 2.75) is 0 Å². The topological polar surface area (TPSA) is 30.5 Å². The molecule has 0 aromatic carbocycles. The lowest BCUT2D eigenvalue weighted by Gasteiger charge is -2.04. The Morgan fingerprint density at radius 2 is 2.44 bits per heavy atom. The Bertz CT molecular complexity index is 87.0. The fraction of sp³-hybridized carbons (Fsp3) is 0.600. The smallest absolute Gasteiger partial charge is 0.178 e. The number of methoxy groups -OCH3 is 1. The highest BCUT2D eigenvalue weighted by atomic mass is 19.3. The lowest BCUT2D eigenvalue weighted by atomic mass is 10.7. The van der Waals surface area contributed by atoms with Gasteiger partial charge in [0, 0.05) is 6.54 Å². The summed E-state index contributed by atoms with van der Waals surface area (Å²) in [6.07, 6.45) is 0. The van der Waals surface area contributed by atoms with E-state index in [0.717, 1.165) is 0 Å². The van der Waals surface area contributed by atoms with E-state index in [1.54, 1.807) is 0 Å². The molecule has 3 nitrogen and oxygen atoms in total. The minimum atomic E-state index is 0.00236. The molecule has 0 saturated carbocycles. The Balaban J connectivity index is 2.97. The molecule has 0 spiro atoms. The van der Waals surface area contributed by atoms with Crippen molar-refractivity contribution in [2.75, 3.05) is 20.3 Å². The van der Waals surface area contributed by atoms with Crippen LogP contribution in [-0.4, -0.2) is 20.3 Å². The van der Waals surface area contributed by atoms with Gasteiger partial charge in [-0.25, -0.2) is 0 Å². The first-order valence-electron chi connectivity index (χ1n) is 2.51. The summed E-state index contributed by atoms with van der Waals surface area (Å²) in [4.78, 5) is 3.28. The summed E-state index contributed by atoms with van der Waals surface area (Å²) in [6.45, 7) is 3.80. The van der Waals surface area contributed by atoms with Crippen molar-refractivity contribution in [1.29, 1.82) is 0 Å². The van der Waals surface area contributed by atoms with Crippen LogP contribution in [0, 0.1) is 0 Å². The second kappa shape index (κ2) is 5.37. The highest BCUT2D eigenvalue weighted by molar-refractivity contribution is 4.76. The van der Waals surface area contributed by atoms with E-state index in [1.807, 2.05) is 0 Å². The Hall–Kier alpha value is -0.770. The molecule has 0 fully saturated rings. The zero-order chi connectivity index (χ0) is 7.11. The van der Waals surface area contributed by atoms with Gasteiger partial charge in [0.05, 0.1) is 7.11 Å². The van der Waals surface area contributed by atoms with Gasteiger partial charge in [0.15, 0.2) is 5.88 Å². The van der Waals surface area contributed by atoms with Crippen molar-refractivity contribution in [3.8, 4) is 0 Å². The van der Waals surface area contributed by atoms with E-state index in [0.29, 0.717) is 12.4 Å². The molecule has 1 N–H and O–H groups in total. The predicted molar refractivity (Wildman–Crippen MR) is 31.2 cm³/mol. The maximum Gasteiger partial charge on any atom is 0.178 e. The predicted octanol–water partition coefficient (Wildman–Crippen LogP) is 0.595. The van der Waals surface area contributed by atoms with Crippen molar-refractivity contribution in [2.24, 2.45) is 0 Å². The molecule has 0 saturated heterocycles. The minimum absolute atomic E-state index is 0.00236. The molecule has 0 heterocycles. The number of ether oxygens (including phenoxy) is 1. The van der Waals surface area contributed by atoms with E-state index >= 15 is 0 Å². The third-order valence-electron chi connectivity index (χ3n) is 0.748. The highest BCUT2D eigenvalue weighted by Crippen LogP contribution is 1.81. The van der Waals surface area contributed by atoms with Gasteiger partial charge in [-0.2, -0.15) is 4.94 Å². The molecule has 0 radical (unpaired) electrons. The molecular weight excluding hydrogens is 125 g/mol. The van der Waals surface area contributed by atoms with Crippen molar-refractivity contribution in [3.63, 3.8) is 0 Å². The van der Waals surface area contributed by atoms with Crippen LogP contribution in [0.25, 0.3) is 0 Å². The lowest BCUT2D eigenvalue weighted by Crippen LogP contribution is -2.18. The normalized spacial score (nSPS) is 8.67. The van der Waals surface area contributed by atoms with E-state index in [9.17, 15) is 4.53 Å². The average molecular weight is 135 g/mol. The number of nitrogens with one attached hydrogen (secondary N) is 1. The van der Waals surface area contributed by atoms with Crippen LogP contribution in [0.4, 0.5) is 4.53 Å². The van der Waals surface area contributed by atoms with Crippen LogP contribution in [-0.2, 0) is 9.68 Å². The number of halogens is 1. The van der Waals surface area contributed by atoms with Gasteiger partial charge in [0.2, 0.25) is 0 Å². The molecule has 0 aliphatic carbocycles. The molecule has 0 bridgehead atoms. The molecule has 0 aliphatic rings. The van der Waals surface area contributed by atoms with E-state index in [4.69, 9.17) is 0 Å². The van der Waals surface area contributed by atoms with Gasteiger partial charge in [-0.3, -0.25) is 0 Å². The van der Waals surface area contributed by atoms with Crippen molar-refractivity contribution in [1.82, 2.24) is 5.32 Å². The summed E-state index contributed by atoms with van der Waals surface area (Å²) in [5.74, 6) is 0.409. The molecule has 0 aromatic rings. The molecule has 0 amide bonds. The summed E-state index contributed by atoms with van der Waals surface area (Å²) in [6, 6.07) is 0. The van der Waals surface area contributed by atoms with Crippen LogP contribution in [0.3, 0.4) is 0 Å². The van der Waals surface area contributed by atoms with Gasteiger partial charge in [0.25, 0.3) is 0 Å². The van der Waals surface area contributed by atoms with E-state index in [2.05, 4.69) is 21.6 Å². The second-order valence-corrected chi connectivity index (χ2v) is 1.37. The van der Waals surface area contributed by atoms with Crippen LogP contribution in [0.5, 0.6) is 0 Å². The summed E-state index contributed by atoms with van der Waals surface area (Å²) in [5.41, 5.74) is 0. The largest absolute Gasteiger partial charge is 0.483 e. The van der Waals surface area contributed by atoms with Gasteiger partial charge >= 0.3 is 0 Å². The Labute approximate surface area is 53.4 Å². The van der Waals surface area contributed by atoms with Gasteiger partial charge < -0.3 is 10.1 Å². The Morgan fingerprint density at radius 1 is 1.78 bits per heavy atom. The van der Waals surface area contributed by atoms with E-state index in [-0.39, 0.29) is 6.61 Å². The first-order valence-corrected chi connectivity index (χ1v) is 2.51. The van der Waals surface area contributed by atoms with Gasteiger partial charge in [-0.05, 0) is 11.1 Å². The average Bonchev–Trinajstić information content (AvgIpc) is 1.89. The monoisotopic (exact) mass is 135 g/mol. The van der Waals surface area contributed by atoms with E-state index in [1.165, 1.54) is 7.11 Å². The van der Waals surface area contributed by atoms with Crippen LogP contribution in [0.15, 0.2) is 12.5 Å². The summed E-state index contributed by atoms with van der Waals surface area (Å²) < 4.78 is 15.6. The van der Waals surface area contributed by atoms with Gasteiger partial charge in [0.1, 0.15) is 6.61 Å². The standard InChI is InChI=1S/C5H10FNO2/c1-5(8-2)7-3-4-9-6/h7H,1,3-4H2,2H3. The minimum Gasteiger partial charge on any atom is -0.483 e. The lowest BCUT2D eigenvalue weighted by molar-refractivity contribution is -0.129. The molecule has 0 atom stereocenters. The summed E-state index contributed by atoms with van der Waals surface area (Å²) >= 11 is 0. The number of rotatable bonds is 5. The zero-order valence-electron chi connectivity index (χ0n) is 5.32. The van der Waals surface area contributed by atoms with Crippen LogP contribution >= 0.6 is 0 Å². The Morgan fingerprint density at radius 3 is 2.89 bits per heavy atom. The first-order chi connectivity index (χ1) is 4.31. The zero-order valence-corrected chi connectivity index (χ0v) is 5.32. The molecule has 54 valence electrons. The second-order valence-electron chi connectivity index (χ2n) is 1.37. The van der Waals surface area contributed by atoms with Crippen molar-refractivity contribution >= 4 is 0 Å².